The summed E-state index contributed by atoms with van der Waals surface area (Å²) in [7, 11) is 4.08. The minimum absolute atomic E-state index is 0.109. The van der Waals surface area contributed by atoms with E-state index in [0.717, 1.165) is 18.5 Å². The largest absolute Gasteiger partial charge is 0.337 e. The summed E-state index contributed by atoms with van der Waals surface area (Å²) in [6.45, 7) is 0.933. The second-order valence-corrected chi connectivity index (χ2v) is 5.73. The Labute approximate surface area is 106 Å². The van der Waals surface area contributed by atoms with Crippen LogP contribution in [0.15, 0.2) is 24.5 Å². The van der Waals surface area contributed by atoms with Crippen molar-refractivity contribution in [1.29, 1.82) is 0 Å². The van der Waals surface area contributed by atoms with E-state index < -0.39 is 0 Å². The van der Waals surface area contributed by atoms with Crippen LogP contribution in [0.2, 0.25) is 0 Å². The molecule has 0 spiro atoms. The lowest BCUT2D eigenvalue weighted by molar-refractivity contribution is -0.118. The fraction of sp³-hybridized carbons (Fsp3) is 0.500. The number of nitrogens with one attached hydrogen (secondary N) is 1. The predicted octanol–water partition coefficient (Wildman–Crippen LogP) is 1.05. The first-order chi connectivity index (χ1) is 8.12. The molecule has 1 unspecified atom stereocenters. The van der Waals surface area contributed by atoms with Gasteiger partial charge in [0.25, 0.3) is 0 Å². The molecule has 17 heavy (non-hydrogen) atoms. The van der Waals surface area contributed by atoms with Crippen molar-refractivity contribution in [1.82, 2.24) is 15.2 Å². The molecule has 1 aromatic rings. The summed E-state index contributed by atoms with van der Waals surface area (Å²) >= 11 is 1.67. The quantitative estimate of drug-likeness (QED) is 0.869. The maximum Gasteiger partial charge on any atom is 0.231 e. The second kappa shape index (κ2) is 5.06. The normalized spacial score (nSPS) is 24.1. The van der Waals surface area contributed by atoms with E-state index in [1.807, 2.05) is 32.4 Å². The summed E-state index contributed by atoms with van der Waals surface area (Å²) in [5, 5.41) is 3.10. The van der Waals surface area contributed by atoms with Crippen molar-refractivity contribution in [3.8, 4) is 0 Å². The average Bonchev–Trinajstić information content (AvgIpc) is 2.71. The standard InChI is InChI=1S/C12H17N3OS/c1-15(2)7-5-12(14-11(16)9-17-12)10-4-3-6-13-8-10/h3-4,6,8H,5,7,9H2,1-2H3,(H,14,16). The molecule has 0 radical (unpaired) electrons. The lowest BCUT2D eigenvalue weighted by Gasteiger charge is -2.29. The zero-order valence-corrected chi connectivity index (χ0v) is 11.0. The number of aromatic nitrogens is 1. The first kappa shape index (κ1) is 12.4. The van der Waals surface area contributed by atoms with Crippen LogP contribution in [-0.4, -0.2) is 42.2 Å². The Bertz CT molecular complexity index is 396. The molecule has 1 aliphatic rings. The summed E-state index contributed by atoms with van der Waals surface area (Å²) in [6, 6.07) is 3.94. The molecule has 0 aliphatic carbocycles. The molecule has 1 fully saturated rings. The monoisotopic (exact) mass is 251 g/mol. The van der Waals surface area contributed by atoms with Gasteiger partial charge in [-0.3, -0.25) is 9.78 Å². The van der Waals surface area contributed by atoms with Crippen LogP contribution in [0.5, 0.6) is 0 Å². The smallest absolute Gasteiger partial charge is 0.231 e. The summed E-state index contributed by atoms with van der Waals surface area (Å²) in [6.07, 6.45) is 4.49. The summed E-state index contributed by atoms with van der Waals surface area (Å²) in [5.41, 5.74) is 1.08. The van der Waals surface area contributed by atoms with Gasteiger partial charge >= 0.3 is 0 Å². The Hall–Kier alpha value is -1.07. The molecule has 0 bridgehead atoms. The van der Waals surface area contributed by atoms with Gasteiger partial charge in [0.15, 0.2) is 0 Å². The van der Waals surface area contributed by atoms with E-state index in [2.05, 4.69) is 15.2 Å². The van der Waals surface area contributed by atoms with E-state index in [1.54, 1.807) is 18.0 Å². The Morgan fingerprint density at radius 1 is 1.59 bits per heavy atom. The third-order valence-corrected chi connectivity index (χ3v) is 4.27. The zero-order chi connectivity index (χ0) is 12.3. The van der Waals surface area contributed by atoms with Crippen molar-refractivity contribution in [2.24, 2.45) is 0 Å². The molecule has 5 heteroatoms. The van der Waals surface area contributed by atoms with Crippen LogP contribution in [0.1, 0.15) is 12.0 Å². The second-order valence-electron chi connectivity index (χ2n) is 4.46. The van der Waals surface area contributed by atoms with E-state index in [0.29, 0.717) is 5.75 Å². The maximum absolute atomic E-state index is 11.5. The van der Waals surface area contributed by atoms with Gasteiger partial charge in [-0.1, -0.05) is 6.07 Å². The third-order valence-electron chi connectivity index (χ3n) is 2.83. The molecule has 2 rings (SSSR count). The minimum Gasteiger partial charge on any atom is -0.337 e. The van der Waals surface area contributed by atoms with Crippen LogP contribution in [-0.2, 0) is 9.67 Å². The van der Waals surface area contributed by atoms with Crippen LogP contribution in [0.3, 0.4) is 0 Å². The van der Waals surface area contributed by atoms with Gasteiger partial charge in [-0.05, 0) is 26.6 Å². The van der Waals surface area contributed by atoms with E-state index in [9.17, 15) is 4.79 Å². The van der Waals surface area contributed by atoms with Crippen LogP contribution in [0, 0.1) is 0 Å². The molecular weight excluding hydrogens is 234 g/mol. The number of carbonyl (C=O) groups is 1. The molecule has 1 amide bonds. The Kier molecular flexibility index (Phi) is 3.69. The van der Waals surface area contributed by atoms with Gasteiger partial charge in [-0.15, -0.1) is 11.8 Å². The Balaban J connectivity index is 2.22. The van der Waals surface area contributed by atoms with Gasteiger partial charge in [0.05, 0.1) is 5.75 Å². The summed E-state index contributed by atoms with van der Waals surface area (Å²) < 4.78 is 0. The molecule has 1 saturated heterocycles. The molecule has 4 nitrogen and oxygen atoms in total. The van der Waals surface area contributed by atoms with Crippen molar-refractivity contribution in [2.45, 2.75) is 11.3 Å². The highest BCUT2D eigenvalue weighted by Gasteiger charge is 2.39. The van der Waals surface area contributed by atoms with Gasteiger partial charge in [0.1, 0.15) is 4.87 Å². The van der Waals surface area contributed by atoms with Gasteiger partial charge in [-0.25, -0.2) is 0 Å². The van der Waals surface area contributed by atoms with Gasteiger partial charge in [-0.2, -0.15) is 0 Å². The van der Waals surface area contributed by atoms with Crippen molar-refractivity contribution < 1.29 is 4.79 Å². The number of hydrogen-bond donors (Lipinski definition) is 1. The van der Waals surface area contributed by atoms with Crippen LogP contribution in [0.4, 0.5) is 0 Å². The molecule has 1 atom stereocenters. The predicted molar refractivity (Wildman–Crippen MR) is 69.7 cm³/mol. The molecule has 2 heterocycles. The molecule has 1 aliphatic heterocycles. The first-order valence-electron chi connectivity index (χ1n) is 5.63. The van der Waals surface area contributed by atoms with E-state index in [-0.39, 0.29) is 10.8 Å². The van der Waals surface area contributed by atoms with E-state index >= 15 is 0 Å². The van der Waals surface area contributed by atoms with Gasteiger partial charge < -0.3 is 10.2 Å². The highest BCUT2D eigenvalue weighted by atomic mass is 32.2. The van der Waals surface area contributed by atoms with Crippen LogP contribution in [0.25, 0.3) is 0 Å². The number of hydrogen-bond acceptors (Lipinski definition) is 4. The molecule has 1 aromatic heterocycles. The van der Waals surface area contributed by atoms with Crippen molar-refractivity contribution in [2.75, 3.05) is 26.4 Å². The highest BCUT2D eigenvalue weighted by molar-refractivity contribution is 8.01. The summed E-state index contributed by atoms with van der Waals surface area (Å²) in [5.74, 6) is 0.639. The van der Waals surface area contributed by atoms with Crippen molar-refractivity contribution in [3.05, 3.63) is 30.1 Å². The minimum atomic E-state index is -0.296. The molecule has 0 aromatic carbocycles. The fourth-order valence-electron chi connectivity index (χ4n) is 1.90. The lowest BCUT2D eigenvalue weighted by Crippen LogP contribution is -2.39. The van der Waals surface area contributed by atoms with Crippen molar-refractivity contribution >= 4 is 17.7 Å². The number of carbonyl (C=O) groups excluding carboxylic acids is 1. The molecule has 1 N–H and O–H groups in total. The lowest BCUT2D eigenvalue weighted by atomic mass is 10.0. The van der Waals surface area contributed by atoms with Crippen LogP contribution >= 0.6 is 11.8 Å². The van der Waals surface area contributed by atoms with Gasteiger partial charge in [0, 0.05) is 24.5 Å². The number of rotatable bonds is 4. The van der Waals surface area contributed by atoms with E-state index in [4.69, 9.17) is 0 Å². The molecule has 0 saturated carbocycles. The average molecular weight is 251 g/mol. The topological polar surface area (TPSA) is 45.2 Å². The number of amides is 1. The van der Waals surface area contributed by atoms with Crippen LogP contribution < -0.4 is 5.32 Å². The fourth-order valence-corrected chi connectivity index (χ4v) is 3.06. The van der Waals surface area contributed by atoms with Crippen molar-refractivity contribution in [3.63, 3.8) is 0 Å². The first-order valence-corrected chi connectivity index (χ1v) is 6.61. The highest BCUT2D eigenvalue weighted by Crippen LogP contribution is 2.40. The third kappa shape index (κ3) is 2.79. The number of pyridine rings is 1. The zero-order valence-electron chi connectivity index (χ0n) is 10.1. The van der Waals surface area contributed by atoms with Gasteiger partial charge in [0.2, 0.25) is 5.91 Å². The molecular formula is C12H17N3OS. The molecule has 92 valence electrons. The Morgan fingerprint density at radius 2 is 2.41 bits per heavy atom. The number of thioether (sulfide) groups is 1. The van der Waals surface area contributed by atoms with E-state index in [1.165, 1.54) is 0 Å². The number of nitrogens with zero attached hydrogens (tertiary/aromatic N) is 2. The Morgan fingerprint density at radius 3 is 2.94 bits per heavy atom. The summed E-state index contributed by atoms with van der Waals surface area (Å²) in [4.78, 5) is 17.5. The maximum atomic E-state index is 11.5. The SMILES string of the molecule is CN(C)CCC1(c2cccnc2)NC(=O)CS1.